The Balaban J connectivity index is 1.35. The van der Waals surface area contributed by atoms with Gasteiger partial charge in [0, 0.05) is 31.1 Å². The van der Waals surface area contributed by atoms with E-state index >= 15 is 0 Å². The second-order valence-electron chi connectivity index (χ2n) is 8.37. The SMILES string of the molecule is C=CC(=O)NC1CC2CN(S(=O)(=O)c3ccc(NC(=O)CCc4ccccc4)cc3Cl)CC2O1. The number of fused-ring (bicyclic) bond motifs is 1. The summed E-state index contributed by atoms with van der Waals surface area (Å²) >= 11 is 6.32. The van der Waals surface area contributed by atoms with Gasteiger partial charge in [0.1, 0.15) is 11.1 Å². The summed E-state index contributed by atoms with van der Waals surface area (Å²) < 4.78 is 33.6. The fourth-order valence-corrected chi connectivity index (χ4v) is 6.31. The van der Waals surface area contributed by atoms with Gasteiger partial charge in [-0.1, -0.05) is 48.5 Å². The molecule has 2 fully saturated rings. The highest BCUT2D eigenvalue weighted by Gasteiger charge is 2.46. The number of halogens is 1. The molecule has 3 atom stereocenters. The van der Waals surface area contributed by atoms with Crippen LogP contribution in [0, 0.1) is 5.92 Å². The molecule has 0 saturated carbocycles. The Bertz CT molecular complexity index is 1170. The van der Waals surface area contributed by atoms with Crippen molar-refractivity contribution in [2.75, 3.05) is 18.4 Å². The first kappa shape index (κ1) is 24.4. The number of aryl methyl sites for hydroxylation is 1. The summed E-state index contributed by atoms with van der Waals surface area (Å²) in [5, 5.41) is 5.49. The third-order valence-electron chi connectivity index (χ3n) is 6.01. The van der Waals surface area contributed by atoms with Gasteiger partial charge in [-0.2, -0.15) is 4.31 Å². The third kappa shape index (κ3) is 5.50. The highest BCUT2D eigenvalue weighted by Crippen LogP contribution is 2.36. The molecular formula is C24H26ClN3O5S. The van der Waals surface area contributed by atoms with Crippen molar-refractivity contribution in [2.24, 2.45) is 5.92 Å². The highest BCUT2D eigenvalue weighted by molar-refractivity contribution is 7.89. The van der Waals surface area contributed by atoms with Crippen molar-refractivity contribution in [3.05, 3.63) is 71.8 Å². The number of nitrogens with zero attached hydrogens (tertiary/aromatic N) is 1. The van der Waals surface area contributed by atoms with Gasteiger partial charge in [-0.05, 0) is 42.7 Å². The maximum atomic E-state index is 13.2. The molecule has 2 aliphatic rings. The molecule has 2 aliphatic heterocycles. The van der Waals surface area contributed by atoms with Crippen molar-refractivity contribution < 1.29 is 22.7 Å². The lowest BCUT2D eigenvalue weighted by molar-refractivity contribution is -0.120. The van der Waals surface area contributed by atoms with Gasteiger partial charge >= 0.3 is 0 Å². The number of nitrogens with one attached hydrogen (secondary N) is 2. The number of benzene rings is 2. The van der Waals surface area contributed by atoms with E-state index in [1.165, 1.54) is 28.6 Å². The van der Waals surface area contributed by atoms with Gasteiger partial charge in [-0.15, -0.1) is 0 Å². The molecule has 3 unspecified atom stereocenters. The van der Waals surface area contributed by atoms with Crippen LogP contribution in [0.2, 0.25) is 5.02 Å². The molecule has 180 valence electrons. The molecule has 34 heavy (non-hydrogen) atoms. The van der Waals surface area contributed by atoms with Crippen LogP contribution < -0.4 is 10.6 Å². The molecule has 2 aromatic carbocycles. The van der Waals surface area contributed by atoms with E-state index in [0.29, 0.717) is 24.9 Å². The van der Waals surface area contributed by atoms with Gasteiger partial charge in [0.2, 0.25) is 21.8 Å². The zero-order chi connectivity index (χ0) is 24.3. The van der Waals surface area contributed by atoms with E-state index in [0.717, 1.165) is 5.56 Å². The number of rotatable bonds is 8. The van der Waals surface area contributed by atoms with E-state index in [1.807, 2.05) is 30.3 Å². The Labute approximate surface area is 204 Å². The van der Waals surface area contributed by atoms with Crippen molar-refractivity contribution in [2.45, 2.75) is 36.5 Å². The van der Waals surface area contributed by atoms with Gasteiger partial charge in [0.15, 0.2) is 0 Å². The minimum absolute atomic E-state index is 0.0204. The molecule has 0 radical (unpaired) electrons. The van der Waals surface area contributed by atoms with Crippen LogP contribution in [0.25, 0.3) is 0 Å². The van der Waals surface area contributed by atoms with Crippen LogP contribution in [0.4, 0.5) is 5.69 Å². The lowest BCUT2D eigenvalue weighted by Crippen LogP contribution is -2.37. The Morgan fingerprint density at radius 1 is 1.18 bits per heavy atom. The van der Waals surface area contributed by atoms with Crippen LogP contribution in [0.3, 0.4) is 0 Å². The smallest absolute Gasteiger partial charge is 0.245 e. The van der Waals surface area contributed by atoms with Crippen molar-refractivity contribution in [1.82, 2.24) is 9.62 Å². The Morgan fingerprint density at radius 2 is 1.94 bits per heavy atom. The first-order valence-electron chi connectivity index (χ1n) is 11.0. The lowest BCUT2D eigenvalue weighted by Gasteiger charge is -2.20. The van der Waals surface area contributed by atoms with E-state index in [2.05, 4.69) is 17.2 Å². The van der Waals surface area contributed by atoms with E-state index in [4.69, 9.17) is 16.3 Å². The molecule has 2 N–H and O–H groups in total. The normalized spacial score (nSPS) is 22.2. The largest absolute Gasteiger partial charge is 0.354 e. The predicted molar refractivity (Wildman–Crippen MR) is 129 cm³/mol. The standard InChI is InChI=1S/C24H26ClN3O5S/c1-2-22(29)27-24-12-17-14-28(15-20(17)33-24)34(31,32)21-10-9-18(13-19(21)25)26-23(30)11-8-16-6-4-3-5-7-16/h2-7,9-10,13,17,20,24H,1,8,11-12,14-15H2,(H,26,30)(H,27,29). The van der Waals surface area contributed by atoms with Gasteiger partial charge in [-0.25, -0.2) is 8.42 Å². The van der Waals surface area contributed by atoms with Crippen molar-refractivity contribution in [1.29, 1.82) is 0 Å². The van der Waals surface area contributed by atoms with Crippen LogP contribution >= 0.6 is 11.6 Å². The molecule has 8 nitrogen and oxygen atoms in total. The predicted octanol–water partition coefficient (Wildman–Crippen LogP) is 2.95. The van der Waals surface area contributed by atoms with Crippen LogP contribution in [0.15, 0.2) is 66.1 Å². The molecule has 0 aromatic heterocycles. The summed E-state index contributed by atoms with van der Waals surface area (Å²) in [5.74, 6) is -0.529. The molecule has 2 heterocycles. The van der Waals surface area contributed by atoms with Crippen molar-refractivity contribution in [3.63, 3.8) is 0 Å². The van der Waals surface area contributed by atoms with Crippen molar-refractivity contribution >= 4 is 39.1 Å². The first-order valence-corrected chi connectivity index (χ1v) is 12.8. The van der Waals surface area contributed by atoms with Crippen LogP contribution in [0.1, 0.15) is 18.4 Å². The topological polar surface area (TPSA) is 105 Å². The molecule has 2 amide bonds. The summed E-state index contributed by atoms with van der Waals surface area (Å²) in [6, 6.07) is 14.1. The zero-order valence-corrected chi connectivity index (χ0v) is 20.0. The summed E-state index contributed by atoms with van der Waals surface area (Å²) in [7, 11) is -3.84. The maximum absolute atomic E-state index is 13.2. The second kappa shape index (κ2) is 10.3. The fourth-order valence-electron chi connectivity index (χ4n) is 4.29. The molecule has 0 bridgehead atoms. The Kier molecular flexibility index (Phi) is 7.37. The second-order valence-corrected chi connectivity index (χ2v) is 10.7. The maximum Gasteiger partial charge on any atom is 0.245 e. The van der Waals surface area contributed by atoms with E-state index in [-0.39, 0.29) is 46.8 Å². The summed E-state index contributed by atoms with van der Waals surface area (Å²) in [6.07, 6.45) is 1.85. The molecule has 2 aromatic rings. The minimum Gasteiger partial charge on any atom is -0.354 e. The molecular weight excluding hydrogens is 478 g/mol. The average Bonchev–Trinajstić information content (AvgIpc) is 3.37. The molecule has 4 rings (SSSR count). The van der Waals surface area contributed by atoms with Gasteiger partial charge in [0.05, 0.1) is 11.1 Å². The molecule has 10 heteroatoms. The lowest BCUT2D eigenvalue weighted by atomic mass is 10.1. The summed E-state index contributed by atoms with van der Waals surface area (Å²) in [5.41, 5.74) is 1.50. The number of carbonyl (C=O) groups excluding carboxylic acids is 2. The summed E-state index contributed by atoms with van der Waals surface area (Å²) in [6.45, 7) is 3.88. The number of carbonyl (C=O) groups is 2. The monoisotopic (exact) mass is 503 g/mol. The summed E-state index contributed by atoms with van der Waals surface area (Å²) in [4.78, 5) is 23.7. The van der Waals surface area contributed by atoms with Gasteiger partial charge < -0.3 is 15.4 Å². The van der Waals surface area contributed by atoms with E-state index < -0.39 is 16.3 Å². The number of sulfonamides is 1. The zero-order valence-electron chi connectivity index (χ0n) is 18.4. The van der Waals surface area contributed by atoms with E-state index in [9.17, 15) is 18.0 Å². The minimum atomic E-state index is -3.84. The Morgan fingerprint density at radius 3 is 2.62 bits per heavy atom. The molecule has 0 aliphatic carbocycles. The number of hydrogen-bond acceptors (Lipinski definition) is 5. The third-order valence-corrected chi connectivity index (χ3v) is 8.32. The number of anilines is 1. The number of hydrogen-bond donors (Lipinski definition) is 2. The fraction of sp³-hybridized carbons (Fsp3) is 0.333. The number of amides is 2. The van der Waals surface area contributed by atoms with Crippen LogP contribution in [-0.2, 0) is 30.8 Å². The van der Waals surface area contributed by atoms with Gasteiger partial charge in [0.25, 0.3) is 0 Å². The highest BCUT2D eigenvalue weighted by atomic mass is 35.5. The first-order chi connectivity index (χ1) is 16.3. The average molecular weight is 504 g/mol. The van der Waals surface area contributed by atoms with Crippen molar-refractivity contribution in [3.8, 4) is 0 Å². The van der Waals surface area contributed by atoms with Crippen LogP contribution in [0.5, 0.6) is 0 Å². The van der Waals surface area contributed by atoms with Gasteiger partial charge in [-0.3, -0.25) is 9.59 Å². The van der Waals surface area contributed by atoms with E-state index in [1.54, 1.807) is 0 Å². The Hall–Kier alpha value is -2.72. The number of ether oxygens (including phenoxy) is 1. The van der Waals surface area contributed by atoms with Crippen LogP contribution in [-0.4, -0.2) is 50.0 Å². The quantitative estimate of drug-likeness (QED) is 0.539. The molecule has 0 spiro atoms. The molecule has 2 saturated heterocycles.